The molecule has 0 fully saturated rings. The Morgan fingerprint density at radius 3 is 2.59 bits per heavy atom. The maximum atomic E-state index is 13.4. The van der Waals surface area contributed by atoms with Gasteiger partial charge in [-0.3, -0.25) is 0 Å². The normalized spacial score (nSPS) is 10.5. The second-order valence-electron chi connectivity index (χ2n) is 3.13. The zero-order valence-electron chi connectivity index (χ0n) is 8.08. The summed E-state index contributed by atoms with van der Waals surface area (Å²) in [6, 6.07) is 2.90. The van der Waals surface area contributed by atoms with Gasteiger partial charge in [-0.05, 0) is 22.0 Å². The summed E-state index contributed by atoms with van der Waals surface area (Å²) in [6.45, 7) is 0. The highest BCUT2D eigenvalue weighted by Gasteiger charge is 2.16. The molecular formula is C10H4BrF2NO3. The van der Waals surface area contributed by atoms with Crippen molar-refractivity contribution < 1.29 is 23.2 Å². The second-order valence-corrected chi connectivity index (χ2v) is 3.98. The molecule has 0 aliphatic rings. The third-order valence-corrected chi connectivity index (χ3v) is 2.61. The van der Waals surface area contributed by atoms with Gasteiger partial charge in [0.2, 0.25) is 5.76 Å². The van der Waals surface area contributed by atoms with E-state index < -0.39 is 23.4 Å². The number of carbonyl (C=O) groups is 1. The van der Waals surface area contributed by atoms with Crippen molar-refractivity contribution in [2.75, 3.05) is 0 Å². The Balaban J connectivity index is 2.52. The summed E-state index contributed by atoms with van der Waals surface area (Å²) in [5.41, 5.74) is -0.0601. The van der Waals surface area contributed by atoms with Gasteiger partial charge in [0.15, 0.2) is 0 Å². The molecule has 0 aliphatic carbocycles. The third kappa shape index (κ3) is 2.19. The van der Waals surface area contributed by atoms with Crippen molar-refractivity contribution in [2.45, 2.75) is 0 Å². The average molecular weight is 304 g/mol. The quantitative estimate of drug-likeness (QED) is 0.866. The topological polar surface area (TPSA) is 63.3 Å². The van der Waals surface area contributed by atoms with E-state index in [9.17, 15) is 13.6 Å². The summed E-state index contributed by atoms with van der Waals surface area (Å²) in [6.07, 6.45) is 0. The van der Waals surface area contributed by atoms with Crippen LogP contribution in [0.4, 0.5) is 8.78 Å². The molecular weight excluding hydrogens is 300 g/mol. The molecule has 2 aromatic rings. The van der Waals surface area contributed by atoms with E-state index in [0.29, 0.717) is 6.07 Å². The van der Waals surface area contributed by atoms with Crippen LogP contribution in [0.15, 0.2) is 27.2 Å². The number of hydrogen-bond acceptors (Lipinski definition) is 3. The minimum Gasteiger partial charge on any atom is -0.475 e. The Morgan fingerprint density at radius 1 is 1.29 bits per heavy atom. The number of aromatic carboxylic acids is 1. The highest BCUT2D eigenvalue weighted by Crippen LogP contribution is 2.28. The third-order valence-electron chi connectivity index (χ3n) is 2.01. The molecule has 0 aliphatic heterocycles. The van der Waals surface area contributed by atoms with Crippen LogP contribution >= 0.6 is 15.9 Å². The molecule has 88 valence electrons. The molecule has 0 atom stereocenters. The molecule has 0 saturated carbocycles. The number of benzene rings is 1. The SMILES string of the molecule is O=C(O)c1cc(-c2cc(Br)c(F)cc2F)no1. The zero-order chi connectivity index (χ0) is 12.6. The Hall–Kier alpha value is -1.76. The highest BCUT2D eigenvalue weighted by molar-refractivity contribution is 9.10. The average Bonchev–Trinajstić information content (AvgIpc) is 2.72. The van der Waals surface area contributed by atoms with Crippen LogP contribution in [0.2, 0.25) is 0 Å². The van der Waals surface area contributed by atoms with Crippen molar-refractivity contribution in [3.63, 3.8) is 0 Å². The van der Waals surface area contributed by atoms with E-state index in [1.54, 1.807) is 0 Å². The first kappa shape index (κ1) is 11.7. The number of aromatic nitrogens is 1. The van der Waals surface area contributed by atoms with Crippen molar-refractivity contribution in [1.82, 2.24) is 5.16 Å². The summed E-state index contributed by atoms with van der Waals surface area (Å²) in [5.74, 6) is -3.34. The fraction of sp³-hybridized carbons (Fsp3) is 0. The molecule has 0 unspecified atom stereocenters. The van der Waals surface area contributed by atoms with Crippen LogP contribution < -0.4 is 0 Å². The van der Waals surface area contributed by atoms with Crippen molar-refractivity contribution in [1.29, 1.82) is 0 Å². The van der Waals surface area contributed by atoms with Crippen LogP contribution in [0.3, 0.4) is 0 Å². The lowest BCUT2D eigenvalue weighted by Gasteiger charge is -2.00. The van der Waals surface area contributed by atoms with Crippen LogP contribution in [-0.2, 0) is 0 Å². The largest absolute Gasteiger partial charge is 0.475 e. The second kappa shape index (κ2) is 4.25. The zero-order valence-corrected chi connectivity index (χ0v) is 9.66. The van der Waals surface area contributed by atoms with E-state index >= 15 is 0 Å². The fourth-order valence-corrected chi connectivity index (χ4v) is 1.57. The van der Waals surface area contributed by atoms with Gasteiger partial charge in [-0.25, -0.2) is 13.6 Å². The van der Waals surface area contributed by atoms with Crippen LogP contribution in [0.5, 0.6) is 0 Å². The van der Waals surface area contributed by atoms with Crippen LogP contribution in [-0.4, -0.2) is 16.2 Å². The van der Waals surface area contributed by atoms with E-state index in [1.807, 2.05) is 0 Å². The molecule has 17 heavy (non-hydrogen) atoms. The summed E-state index contributed by atoms with van der Waals surface area (Å²) < 4.78 is 31.0. The molecule has 0 spiro atoms. The van der Waals surface area contributed by atoms with Crippen LogP contribution in [0, 0.1) is 11.6 Å². The molecule has 1 heterocycles. The minimum atomic E-state index is -1.31. The smallest absolute Gasteiger partial charge is 0.374 e. The Labute approximate surface area is 102 Å². The Morgan fingerprint density at radius 2 is 2.00 bits per heavy atom. The van der Waals surface area contributed by atoms with Gasteiger partial charge < -0.3 is 9.63 Å². The lowest BCUT2D eigenvalue weighted by atomic mass is 10.1. The van der Waals surface area contributed by atoms with E-state index in [0.717, 1.165) is 12.1 Å². The van der Waals surface area contributed by atoms with Gasteiger partial charge in [0.1, 0.15) is 17.3 Å². The molecule has 1 N–H and O–H groups in total. The van der Waals surface area contributed by atoms with E-state index in [-0.39, 0.29) is 15.7 Å². The molecule has 1 aromatic heterocycles. The van der Waals surface area contributed by atoms with Gasteiger partial charge in [0.05, 0.1) is 4.47 Å². The summed E-state index contributed by atoms with van der Waals surface area (Å²) in [7, 11) is 0. The molecule has 2 rings (SSSR count). The fourth-order valence-electron chi connectivity index (χ4n) is 1.22. The number of halogens is 3. The molecule has 1 aromatic carbocycles. The standard InChI is InChI=1S/C10H4BrF2NO3/c11-5-1-4(6(12)2-7(5)13)8-3-9(10(15)16)17-14-8/h1-3H,(H,15,16). The lowest BCUT2D eigenvalue weighted by Crippen LogP contribution is -1.92. The summed E-state index contributed by atoms with van der Waals surface area (Å²) >= 11 is 2.90. The Bertz CT molecular complexity index is 597. The number of hydrogen-bond donors (Lipinski definition) is 1. The van der Waals surface area contributed by atoms with Crippen molar-refractivity contribution in [2.24, 2.45) is 0 Å². The van der Waals surface area contributed by atoms with E-state index in [1.165, 1.54) is 0 Å². The molecule has 7 heteroatoms. The first-order valence-corrected chi connectivity index (χ1v) is 5.13. The summed E-state index contributed by atoms with van der Waals surface area (Å²) in [4.78, 5) is 10.6. The number of rotatable bonds is 2. The van der Waals surface area contributed by atoms with Gasteiger partial charge >= 0.3 is 5.97 Å². The van der Waals surface area contributed by atoms with Crippen molar-refractivity contribution in [3.8, 4) is 11.3 Å². The van der Waals surface area contributed by atoms with Gasteiger partial charge in [-0.15, -0.1) is 0 Å². The number of carboxylic acids is 1. The van der Waals surface area contributed by atoms with Crippen molar-refractivity contribution >= 4 is 21.9 Å². The molecule has 0 radical (unpaired) electrons. The predicted octanol–water partition coefficient (Wildman–Crippen LogP) is 3.08. The maximum absolute atomic E-state index is 13.4. The van der Waals surface area contributed by atoms with Gasteiger partial charge in [-0.2, -0.15) is 0 Å². The van der Waals surface area contributed by atoms with Gasteiger partial charge in [0.25, 0.3) is 0 Å². The van der Waals surface area contributed by atoms with Gasteiger partial charge in [0, 0.05) is 17.7 Å². The predicted molar refractivity (Wildman–Crippen MR) is 56.5 cm³/mol. The van der Waals surface area contributed by atoms with Crippen LogP contribution in [0.1, 0.15) is 10.6 Å². The molecule has 0 amide bonds. The first-order chi connectivity index (χ1) is 7.99. The van der Waals surface area contributed by atoms with Crippen LogP contribution in [0.25, 0.3) is 11.3 Å². The maximum Gasteiger partial charge on any atom is 0.374 e. The first-order valence-electron chi connectivity index (χ1n) is 4.34. The molecule has 0 bridgehead atoms. The summed E-state index contributed by atoms with van der Waals surface area (Å²) in [5, 5.41) is 12.0. The minimum absolute atomic E-state index is 0.0133. The number of carboxylic acid groups (broad SMARTS) is 1. The lowest BCUT2D eigenvalue weighted by molar-refractivity contribution is 0.0652. The molecule has 4 nitrogen and oxygen atoms in total. The van der Waals surface area contributed by atoms with Gasteiger partial charge in [-0.1, -0.05) is 5.16 Å². The van der Waals surface area contributed by atoms with E-state index in [2.05, 4.69) is 25.6 Å². The molecule has 0 saturated heterocycles. The number of nitrogens with zero attached hydrogens (tertiary/aromatic N) is 1. The highest BCUT2D eigenvalue weighted by atomic mass is 79.9. The van der Waals surface area contributed by atoms with E-state index in [4.69, 9.17) is 5.11 Å². The van der Waals surface area contributed by atoms with Crippen molar-refractivity contribution in [3.05, 3.63) is 40.1 Å². The Kier molecular flexibility index (Phi) is 2.93. The monoisotopic (exact) mass is 303 g/mol.